The highest BCUT2D eigenvalue weighted by molar-refractivity contribution is 7.80. The fourth-order valence-electron chi connectivity index (χ4n) is 5.42. The van der Waals surface area contributed by atoms with Crippen molar-refractivity contribution in [1.82, 2.24) is 14.9 Å². The van der Waals surface area contributed by atoms with Gasteiger partial charge in [0.2, 0.25) is 0 Å². The number of anilines is 1. The van der Waals surface area contributed by atoms with Crippen molar-refractivity contribution in [3.63, 3.8) is 0 Å². The predicted octanol–water partition coefficient (Wildman–Crippen LogP) is 7.11. The molecule has 5 nitrogen and oxygen atoms in total. The fraction of sp³-hybridized carbons (Fsp3) is 0.267. The van der Waals surface area contributed by atoms with Gasteiger partial charge < -0.3 is 19.5 Å². The van der Waals surface area contributed by atoms with Gasteiger partial charge in [0.05, 0.1) is 17.8 Å². The summed E-state index contributed by atoms with van der Waals surface area (Å²) in [5.74, 6) is 1.67. The zero-order chi connectivity index (χ0) is 24.8. The second-order valence-corrected chi connectivity index (χ2v) is 10.2. The highest BCUT2D eigenvalue weighted by atomic mass is 32.1. The maximum Gasteiger partial charge on any atom is 0.174 e. The topological polar surface area (TPSA) is 42.3 Å². The maximum absolute atomic E-state index is 6.15. The first-order valence-corrected chi connectivity index (χ1v) is 12.9. The molecule has 2 aliphatic rings. The van der Waals surface area contributed by atoms with Crippen LogP contribution in [0.1, 0.15) is 59.2 Å². The van der Waals surface area contributed by atoms with Crippen LogP contribution in [0.2, 0.25) is 0 Å². The Labute approximate surface area is 217 Å². The van der Waals surface area contributed by atoms with Crippen LogP contribution in [0.25, 0.3) is 0 Å². The van der Waals surface area contributed by atoms with Gasteiger partial charge in [-0.05, 0) is 105 Å². The van der Waals surface area contributed by atoms with Gasteiger partial charge >= 0.3 is 0 Å². The molecule has 1 saturated carbocycles. The summed E-state index contributed by atoms with van der Waals surface area (Å²) in [5, 5.41) is 4.29. The molecule has 0 radical (unpaired) electrons. The van der Waals surface area contributed by atoms with Crippen LogP contribution in [-0.4, -0.2) is 14.7 Å². The van der Waals surface area contributed by atoms with Crippen LogP contribution in [-0.2, 0) is 0 Å². The first-order valence-electron chi connectivity index (χ1n) is 12.5. The molecule has 2 atom stereocenters. The Hall–Kier alpha value is -3.64. The van der Waals surface area contributed by atoms with Crippen molar-refractivity contribution in [3.05, 3.63) is 107 Å². The van der Waals surface area contributed by atoms with Crippen LogP contribution in [0.15, 0.2) is 79.0 Å². The zero-order valence-corrected chi connectivity index (χ0v) is 21.6. The molecule has 0 amide bonds. The molecule has 0 bridgehead atoms. The summed E-state index contributed by atoms with van der Waals surface area (Å²) < 4.78 is 8.65. The van der Waals surface area contributed by atoms with Crippen molar-refractivity contribution >= 4 is 23.0 Å². The minimum atomic E-state index is -0.0465. The van der Waals surface area contributed by atoms with Gasteiger partial charge in [-0.15, -0.1) is 0 Å². The Morgan fingerprint density at radius 1 is 0.944 bits per heavy atom. The van der Waals surface area contributed by atoms with Crippen molar-refractivity contribution in [3.8, 4) is 11.5 Å². The molecule has 0 spiro atoms. The molecule has 1 saturated heterocycles. The third kappa shape index (κ3) is 4.05. The van der Waals surface area contributed by atoms with Gasteiger partial charge in [-0.1, -0.05) is 24.3 Å². The average Bonchev–Trinajstić information content (AvgIpc) is 3.60. The summed E-state index contributed by atoms with van der Waals surface area (Å²) in [6.45, 7) is 6.51. The highest BCUT2D eigenvalue weighted by Crippen LogP contribution is 2.46. The molecule has 2 aromatic carbocycles. The molecule has 1 N–H and O–H groups in total. The molecule has 1 aliphatic heterocycles. The smallest absolute Gasteiger partial charge is 0.174 e. The second-order valence-electron chi connectivity index (χ2n) is 9.79. The van der Waals surface area contributed by atoms with Crippen molar-refractivity contribution < 1.29 is 4.74 Å². The molecular formula is C30H30N4OS. The molecule has 1 aliphatic carbocycles. The van der Waals surface area contributed by atoms with Crippen molar-refractivity contribution in [2.24, 2.45) is 0 Å². The number of para-hydroxylation sites is 1. The van der Waals surface area contributed by atoms with Crippen LogP contribution >= 0.6 is 12.2 Å². The Morgan fingerprint density at radius 2 is 1.69 bits per heavy atom. The van der Waals surface area contributed by atoms with Gasteiger partial charge in [0.15, 0.2) is 5.11 Å². The Kier molecular flexibility index (Phi) is 5.76. The van der Waals surface area contributed by atoms with Crippen LogP contribution in [0.5, 0.6) is 11.5 Å². The molecular weight excluding hydrogens is 464 g/mol. The SMILES string of the molecule is Cc1ccccc1Oc1ccc(N2C(=S)N[C@H](c3ccccn3)[C@@H]2c2cc(C)n(C3CC3)c2C)cc1. The van der Waals surface area contributed by atoms with E-state index in [1.807, 2.05) is 48.7 Å². The van der Waals surface area contributed by atoms with Gasteiger partial charge in [0, 0.05) is 29.3 Å². The van der Waals surface area contributed by atoms with E-state index in [9.17, 15) is 0 Å². The van der Waals surface area contributed by atoms with Gasteiger partial charge in [-0.2, -0.15) is 0 Å². The monoisotopic (exact) mass is 494 g/mol. The van der Waals surface area contributed by atoms with E-state index in [1.54, 1.807) is 0 Å². The molecule has 3 heterocycles. The Bertz CT molecular complexity index is 1410. The van der Waals surface area contributed by atoms with Crippen molar-refractivity contribution in [2.75, 3.05) is 4.90 Å². The maximum atomic E-state index is 6.15. The number of nitrogens with zero attached hydrogens (tertiary/aromatic N) is 3. The van der Waals surface area contributed by atoms with Gasteiger partial charge in [-0.3, -0.25) is 4.98 Å². The second kappa shape index (κ2) is 9.10. The largest absolute Gasteiger partial charge is 0.457 e. The first-order chi connectivity index (χ1) is 17.5. The lowest BCUT2D eigenvalue weighted by atomic mass is 9.96. The molecule has 6 rings (SSSR count). The van der Waals surface area contributed by atoms with E-state index >= 15 is 0 Å². The summed E-state index contributed by atoms with van der Waals surface area (Å²) in [7, 11) is 0. The summed E-state index contributed by atoms with van der Waals surface area (Å²) in [6.07, 6.45) is 4.37. The number of pyridine rings is 1. The first kappa shape index (κ1) is 22.8. The van der Waals surface area contributed by atoms with Gasteiger partial charge in [0.1, 0.15) is 11.5 Å². The van der Waals surface area contributed by atoms with E-state index in [-0.39, 0.29) is 12.1 Å². The van der Waals surface area contributed by atoms with Crippen LogP contribution in [0.3, 0.4) is 0 Å². The highest BCUT2D eigenvalue weighted by Gasteiger charge is 2.43. The standard InChI is InChI=1S/C30H30N4OS/c1-19-8-4-5-10-27(19)35-24-15-13-23(14-16-24)34-29(25-18-20(2)33(21(25)3)22-11-12-22)28(32-30(34)36)26-9-6-7-17-31-26/h4-10,13-18,22,28-29H,11-12H2,1-3H3,(H,32,36)/t28-,29+/m1/s1. The van der Waals surface area contributed by atoms with Crippen molar-refractivity contribution in [1.29, 1.82) is 0 Å². The molecule has 2 aromatic heterocycles. The summed E-state index contributed by atoms with van der Waals surface area (Å²) >= 11 is 5.93. The fourth-order valence-corrected chi connectivity index (χ4v) is 5.76. The number of hydrogen-bond donors (Lipinski definition) is 1. The Morgan fingerprint density at radius 3 is 2.39 bits per heavy atom. The molecule has 6 heteroatoms. The van der Waals surface area contributed by atoms with E-state index in [2.05, 4.69) is 65.9 Å². The third-order valence-electron chi connectivity index (χ3n) is 7.29. The predicted molar refractivity (Wildman–Crippen MR) is 148 cm³/mol. The molecule has 2 fully saturated rings. The lowest BCUT2D eigenvalue weighted by molar-refractivity contribution is 0.479. The van der Waals surface area contributed by atoms with Crippen LogP contribution in [0.4, 0.5) is 5.69 Å². The third-order valence-corrected chi connectivity index (χ3v) is 7.60. The minimum absolute atomic E-state index is 0.00534. The van der Waals surface area contributed by atoms with E-state index in [0.29, 0.717) is 11.2 Å². The zero-order valence-electron chi connectivity index (χ0n) is 20.8. The van der Waals surface area contributed by atoms with Crippen molar-refractivity contribution in [2.45, 2.75) is 51.7 Å². The molecule has 0 unspecified atom stereocenters. The van der Waals surface area contributed by atoms with Gasteiger partial charge in [0.25, 0.3) is 0 Å². The summed E-state index contributed by atoms with van der Waals surface area (Å²) in [4.78, 5) is 6.94. The molecule has 4 aromatic rings. The number of nitrogens with one attached hydrogen (secondary N) is 1. The number of ether oxygens (including phenoxy) is 1. The van der Waals surface area contributed by atoms with Gasteiger partial charge in [-0.25, -0.2) is 0 Å². The number of aromatic nitrogens is 2. The number of benzene rings is 2. The summed E-state index contributed by atoms with van der Waals surface area (Å²) in [5.41, 5.74) is 7.05. The van der Waals surface area contributed by atoms with E-state index in [0.717, 1.165) is 28.4 Å². The summed E-state index contributed by atoms with van der Waals surface area (Å²) in [6, 6.07) is 25.3. The lowest BCUT2D eigenvalue weighted by Crippen LogP contribution is -2.29. The quantitative estimate of drug-likeness (QED) is 0.289. The molecule has 36 heavy (non-hydrogen) atoms. The Balaban J connectivity index is 1.38. The number of rotatable bonds is 6. The van der Waals surface area contributed by atoms with E-state index < -0.39 is 0 Å². The van der Waals surface area contributed by atoms with E-state index in [4.69, 9.17) is 21.9 Å². The normalized spacial score (nSPS) is 19.4. The number of aryl methyl sites for hydroxylation is 2. The minimum Gasteiger partial charge on any atom is -0.457 e. The molecule has 182 valence electrons. The number of hydrogen-bond acceptors (Lipinski definition) is 3. The number of thiocarbonyl (C=S) groups is 1. The average molecular weight is 495 g/mol. The van der Waals surface area contributed by atoms with Crippen LogP contribution < -0.4 is 15.0 Å². The lowest BCUT2D eigenvalue weighted by Gasteiger charge is -2.28. The van der Waals surface area contributed by atoms with E-state index in [1.165, 1.54) is 29.8 Å². The van der Waals surface area contributed by atoms with Crippen LogP contribution in [0, 0.1) is 20.8 Å².